The molecule has 1 amide bonds. The predicted molar refractivity (Wildman–Crippen MR) is 76.1 cm³/mol. The largest absolute Gasteiger partial charge is 0.495 e. The van der Waals surface area contributed by atoms with Crippen LogP contribution < -0.4 is 10.1 Å². The Morgan fingerprint density at radius 3 is 3.05 bits per heavy atom. The van der Waals surface area contributed by atoms with E-state index >= 15 is 0 Å². The lowest BCUT2D eigenvalue weighted by atomic mass is 10.3. The number of hydrogen-bond acceptors (Lipinski definition) is 4. The second-order valence-corrected chi connectivity index (χ2v) is 5.46. The number of methoxy groups -OCH3 is 1. The third kappa shape index (κ3) is 3.14. The van der Waals surface area contributed by atoms with Crippen LogP contribution in [0.15, 0.2) is 18.5 Å². The molecule has 0 aromatic carbocycles. The normalized spacial score (nSPS) is 10.5. The maximum absolute atomic E-state index is 12.2. The number of nitrogens with zero attached hydrogens (tertiary/aromatic N) is 2. The van der Waals surface area contributed by atoms with Gasteiger partial charge in [-0.15, -0.1) is 11.3 Å². The second kappa shape index (κ2) is 5.88. The summed E-state index contributed by atoms with van der Waals surface area (Å²) in [7, 11) is 1.57. The number of nitrogens with one attached hydrogen (secondary N) is 1. The number of anilines is 1. The molecule has 0 saturated heterocycles. The second-order valence-electron chi connectivity index (χ2n) is 4.20. The molecule has 0 fully saturated rings. The Labute approximate surface area is 116 Å². The third-order valence-electron chi connectivity index (χ3n) is 2.59. The maximum atomic E-state index is 12.2. The first kappa shape index (κ1) is 13.6. The van der Waals surface area contributed by atoms with Crippen molar-refractivity contribution in [3.8, 4) is 5.75 Å². The van der Waals surface area contributed by atoms with Crippen LogP contribution in [-0.4, -0.2) is 22.8 Å². The summed E-state index contributed by atoms with van der Waals surface area (Å²) >= 11 is 1.42. The van der Waals surface area contributed by atoms with Gasteiger partial charge in [0.15, 0.2) is 0 Å². The fourth-order valence-electron chi connectivity index (χ4n) is 1.77. The Hall–Kier alpha value is -1.82. The zero-order valence-electron chi connectivity index (χ0n) is 11.3. The Morgan fingerprint density at radius 1 is 1.58 bits per heavy atom. The maximum Gasteiger partial charge on any atom is 0.269 e. The molecule has 19 heavy (non-hydrogen) atoms. The first-order valence-electron chi connectivity index (χ1n) is 6.12. The van der Waals surface area contributed by atoms with Crippen LogP contribution in [0.3, 0.4) is 0 Å². The molecule has 102 valence electrons. The molecule has 0 spiro atoms. The first-order valence-corrected chi connectivity index (χ1v) is 6.94. The topological polar surface area (TPSA) is 56.2 Å². The number of carbonyl (C=O) groups is 1. The van der Waals surface area contributed by atoms with E-state index in [9.17, 15) is 4.79 Å². The summed E-state index contributed by atoms with van der Waals surface area (Å²) in [6.45, 7) is 4.87. The summed E-state index contributed by atoms with van der Waals surface area (Å²) < 4.78 is 7.01. The molecule has 1 N–H and O–H groups in total. The molecule has 0 unspecified atom stereocenters. The number of ether oxygens (including phenoxy) is 1. The molecule has 5 nitrogen and oxygen atoms in total. The van der Waals surface area contributed by atoms with Gasteiger partial charge in [0.2, 0.25) is 0 Å². The third-order valence-corrected chi connectivity index (χ3v) is 3.62. The van der Waals surface area contributed by atoms with Gasteiger partial charge in [-0.2, -0.15) is 5.10 Å². The van der Waals surface area contributed by atoms with E-state index in [1.165, 1.54) is 11.3 Å². The van der Waals surface area contributed by atoms with Crippen molar-refractivity contribution in [1.82, 2.24) is 9.78 Å². The summed E-state index contributed by atoms with van der Waals surface area (Å²) in [5.41, 5.74) is 0.701. The average Bonchev–Trinajstić information content (AvgIpc) is 2.96. The van der Waals surface area contributed by atoms with Crippen molar-refractivity contribution >= 4 is 22.9 Å². The molecule has 2 rings (SSSR count). The molecule has 0 bridgehead atoms. The molecule has 0 radical (unpaired) electrons. The lowest BCUT2D eigenvalue weighted by molar-refractivity contribution is 0.102. The molecule has 2 aromatic heterocycles. The monoisotopic (exact) mass is 279 g/mol. The number of thiophene rings is 1. The molecule has 0 aliphatic rings. The fraction of sp³-hybridized carbons (Fsp3) is 0.385. The van der Waals surface area contributed by atoms with Crippen LogP contribution in [0.4, 0.5) is 5.69 Å². The minimum absolute atomic E-state index is 0.161. The van der Waals surface area contributed by atoms with Gasteiger partial charge in [0.25, 0.3) is 5.91 Å². The minimum atomic E-state index is -0.161. The first-order chi connectivity index (χ1) is 9.13. The lowest BCUT2D eigenvalue weighted by Crippen LogP contribution is -2.10. The molecular weight excluding hydrogens is 262 g/mol. The molecular formula is C13H17N3O2S. The average molecular weight is 279 g/mol. The zero-order valence-corrected chi connectivity index (χ0v) is 12.1. The number of amides is 1. The van der Waals surface area contributed by atoms with Gasteiger partial charge in [-0.3, -0.25) is 9.48 Å². The van der Waals surface area contributed by atoms with E-state index in [4.69, 9.17) is 4.74 Å². The van der Waals surface area contributed by atoms with Crippen molar-refractivity contribution in [2.24, 2.45) is 0 Å². The smallest absolute Gasteiger partial charge is 0.269 e. The molecule has 0 aliphatic heterocycles. The van der Waals surface area contributed by atoms with Crippen LogP contribution in [0, 0.1) is 6.92 Å². The van der Waals surface area contributed by atoms with Crippen molar-refractivity contribution in [3.63, 3.8) is 0 Å². The molecule has 2 heterocycles. The summed E-state index contributed by atoms with van der Waals surface area (Å²) in [4.78, 5) is 13.8. The molecule has 0 atom stereocenters. The van der Waals surface area contributed by atoms with Gasteiger partial charge in [-0.1, -0.05) is 6.92 Å². The summed E-state index contributed by atoms with van der Waals surface area (Å²) in [6.07, 6.45) is 4.49. The summed E-state index contributed by atoms with van der Waals surface area (Å²) in [6, 6.07) is 1.86. The van der Waals surface area contributed by atoms with Crippen molar-refractivity contribution in [1.29, 1.82) is 0 Å². The van der Waals surface area contributed by atoms with E-state index in [-0.39, 0.29) is 5.91 Å². The van der Waals surface area contributed by atoms with Gasteiger partial charge < -0.3 is 10.1 Å². The summed E-state index contributed by atoms with van der Waals surface area (Å²) in [5, 5.41) is 7.01. The molecule has 0 saturated carbocycles. The number of hydrogen-bond donors (Lipinski definition) is 1. The fourth-order valence-corrected chi connectivity index (χ4v) is 2.64. The Kier molecular flexibility index (Phi) is 4.21. The Bertz CT molecular complexity index is 574. The van der Waals surface area contributed by atoms with Crippen molar-refractivity contribution in [2.45, 2.75) is 26.8 Å². The van der Waals surface area contributed by atoms with E-state index in [2.05, 4.69) is 17.3 Å². The van der Waals surface area contributed by atoms with Gasteiger partial charge in [0.1, 0.15) is 10.6 Å². The lowest BCUT2D eigenvalue weighted by Gasteiger charge is -2.02. The van der Waals surface area contributed by atoms with Crippen molar-refractivity contribution in [3.05, 3.63) is 28.2 Å². The predicted octanol–water partition coefficient (Wildman–Crippen LogP) is 2.92. The van der Waals surface area contributed by atoms with Gasteiger partial charge in [0.05, 0.1) is 19.0 Å². The van der Waals surface area contributed by atoms with Crippen molar-refractivity contribution < 1.29 is 9.53 Å². The molecule has 6 heteroatoms. The van der Waals surface area contributed by atoms with Crippen LogP contribution in [0.5, 0.6) is 5.75 Å². The molecule has 0 aliphatic carbocycles. The Balaban J connectivity index is 2.11. The Morgan fingerprint density at radius 2 is 2.37 bits per heavy atom. The number of rotatable bonds is 5. The minimum Gasteiger partial charge on any atom is -0.495 e. The van der Waals surface area contributed by atoms with Crippen LogP contribution in [0.2, 0.25) is 0 Å². The number of aryl methyl sites for hydroxylation is 2. The summed E-state index contributed by atoms with van der Waals surface area (Å²) in [5.74, 6) is 0.451. The van der Waals surface area contributed by atoms with Crippen LogP contribution in [0.1, 0.15) is 27.9 Å². The van der Waals surface area contributed by atoms with Crippen LogP contribution >= 0.6 is 11.3 Å². The van der Waals surface area contributed by atoms with Gasteiger partial charge in [-0.05, 0) is 19.4 Å². The van der Waals surface area contributed by atoms with Crippen LogP contribution in [-0.2, 0) is 6.54 Å². The van der Waals surface area contributed by atoms with Crippen LogP contribution in [0.25, 0.3) is 0 Å². The van der Waals surface area contributed by atoms with Crippen molar-refractivity contribution in [2.75, 3.05) is 12.4 Å². The SMILES string of the molecule is CCCn1cc(NC(=O)c2sc(C)cc2OC)cn1. The van der Waals surface area contributed by atoms with E-state index in [0.717, 1.165) is 17.8 Å². The highest BCUT2D eigenvalue weighted by Crippen LogP contribution is 2.29. The zero-order chi connectivity index (χ0) is 13.8. The van der Waals surface area contributed by atoms with Gasteiger partial charge in [-0.25, -0.2) is 0 Å². The van der Waals surface area contributed by atoms with Gasteiger partial charge in [0, 0.05) is 17.6 Å². The quantitative estimate of drug-likeness (QED) is 0.915. The highest BCUT2D eigenvalue weighted by molar-refractivity contribution is 7.14. The standard InChI is InChI=1S/C13H17N3O2S/c1-4-5-16-8-10(7-14-16)15-13(17)12-11(18-3)6-9(2)19-12/h6-8H,4-5H2,1-3H3,(H,15,17). The van der Waals surface area contributed by atoms with Gasteiger partial charge >= 0.3 is 0 Å². The van der Waals surface area contributed by atoms with E-state index in [0.29, 0.717) is 16.3 Å². The number of aromatic nitrogens is 2. The van der Waals surface area contributed by atoms with E-state index in [1.54, 1.807) is 13.3 Å². The molecule has 2 aromatic rings. The highest BCUT2D eigenvalue weighted by Gasteiger charge is 2.16. The highest BCUT2D eigenvalue weighted by atomic mass is 32.1. The van der Waals surface area contributed by atoms with E-state index in [1.807, 2.05) is 23.9 Å². The number of carbonyl (C=O) groups excluding carboxylic acids is 1. The van der Waals surface area contributed by atoms with E-state index < -0.39 is 0 Å².